The summed E-state index contributed by atoms with van der Waals surface area (Å²) in [6, 6.07) is 6.21. The number of ether oxygens (including phenoxy) is 2. The third-order valence-electron chi connectivity index (χ3n) is 5.87. The third-order valence-corrected chi connectivity index (χ3v) is 6.87. The van der Waals surface area contributed by atoms with Crippen molar-refractivity contribution in [2.75, 3.05) is 6.54 Å². The van der Waals surface area contributed by atoms with Gasteiger partial charge in [0.2, 0.25) is 17.3 Å². The maximum Gasteiger partial charge on any atom is 1.00 e. The summed E-state index contributed by atoms with van der Waals surface area (Å²) in [6.45, 7) is 6.84. The van der Waals surface area contributed by atoms with Crippen molar-refractivity contribution in [3.63, 3.8) is 0 Å². The van der Waals surface area contributed by atoms with E-state index in [-0.39, 0.29) is 60.8 Å². The molecule has 12 nitrogen and oxygen atoms in total. The number of amides is 3. The normalized spacial score (nSPS) is 17.4. The van der Waals surface area contributed by atoms with Gasteiger partial charge < -0.3 is 30.0 Å². The van der Waals surface area contributed by atoms with Crippen LogP contribution in [0.1, 0.15) is 52.5 Å². The fraction of sp³-hybridized carbons (Fsp3) is 0.600. The zero-order valence-corrected chi connectivity index (χ0v) is 25.8. The van der Waals surface area contributed by atoms with E-state index >= 15 is 0 Å². The number of rotatable bonds is 13. The molecule has 4 atom stereocenters. The topological polar surface area (TPSA) is 180 Å². The van der Waals surface area contributed by atoms with E-state index in [1.807, 2.05) is 19.9 Å². The van der Waals surface area contributed by atoms with Crippen molar-refractivity contribution in [1.29, 1.82) is 0 Å². The van der Waals surface area contributed by atoms with Crippen LogP contribution in [0.2, 0.25) is 0 Å². The summed E-state index contributed by atoms with van der Waals surface area (Å²) in [4.78, 5) is 50.1. The van der Waals surface area contributed by atoms with Crippen molar-refractivity contribution in [2.45, 2.75) is 71.1 Å². The number of hydrogen-bond donors (Lipinski definition) is 3. The predicted molar refractivity (Wildman–Crippen MR) is 135 cm³/mol. The summed E-state index contributed by atoms with van der Waals surface area (Å²) >= 11 is 0. The van der Waals surface area contributed by atoms with Crippen molar-refractivity contribution in [1.82, 2.24) is 16.0 Å². The Morgan fingerprint density at radius 1 is 1.10 bits per heavy atom. The molecular weight excluding hydrogens is 541 g/mol. The van der Waals surface area contributed by atoms with Crippen molar-refractivity contribution < 1.29 is 71.2 Å². The van der Waals surface area contributed by atoms with E-state index in [0.29, 0.717) is 13.0 Å². The Morgan fingerprint density at radius 2 is 1.74 bits per heavy atom. The second-order valence-electron chi connectivity index (χ2n) is 9.97. The van der Waals surface area contributed by atoms with E-state index in [9.17, 15) is 32.1 Å². The fourth-order valence-corrected chi connectivity index (χ4v) is 4.69. The van der Waals surface area contributed by atoms with Crippen LogP contribution in [0.5, 0.6) is 0 Å². The average Bonchev–Trinajstić information content (AvgIpc) is 3.23. The van der Waals surface area contributed by atoms with Gasteiger partial charge in [0.25, 0.3) is 0 Å². The quantitative estimate of drug-likeness (QED) is 0.142. The standard InChI is InChI=1S/C25H37N3O9S.Na/c1-15(2)12-19(28-25(32)36-14-17-8-6-5-7-9-17)22(30)27-20(13-18-10-11-26-21(18)29)24(38(33,34)35)37-23(31)16(3)4;/h5-9,15-16,18-20,24H,10-14H2,1-4H3,(H,26,29)(H,27,30)(H,28,32)(H,33,34,35);/q;+1/p-1/t18-,19-,20-,24?;/m0./s1. The monoisotopic (exact) mass is 577 g/mol. The van der Waals surface area contributed by atoms with Crippen LogP contribution in [-0.4, -0.2) is 60.9 Å². The van der Waals surface area contributed by atoms with Gasteiger partial charge in [-0.3, -0.25) is 14.4 Å². The van der Waals surface area contributed by atoms with Crippen LogP contribution in [0.4, 0.5) is 4.79 Å². The molecule has 0 aromatic heterocycles. The Morgan fingerprint density at radius 3 is 2.26 bits per heavy atom. The Labute approximate surface area is 251 Å². The molecule has 0 radical (unpaired) electrons. The molecule has 0 saturated carbocycles. The van der Waals surface area contributed by atoms with Crippen LogP contribution < -0.4 is 45.5 Å². The molecule has 0 spiro atoms. The van der Waals surface area contributed by atoms with Gasteiger partial charge in [0.15, 0.2) is 0 Å². The molecule has 1 aromatic carbocycles. The van der Waals surface area contributed by atoms with Gasteiger partial charge in [-0.25, -0.2) is 13.2 Å². The van der Waals surface area contributed by atoms with E-state index in [1.54, 1.807) is 24.3 Å². The zero-order valence-electron chi connectivity index (χ0n) is 23.0. The molecule has 14 heteroatoms. The van der Waals surface area contributed by atoms with E-state index in [2.05, 4.69) is 16.0 Å². The molecule has 1 fully saturated rings. The summed E-state index contributed by atoms with van der Waals surface area (Å²) in [5.41, 5.74) is -1.53. The van der Waals surface area contributed by atoms with Gasteiger partial charge in [-0.2, -0.15) is 0 Å². The molecule has 3 amide bonds. The first-order valence-corrected chi connectivity index (χ1v) is 14.0. The molecule has 1 saturated heterocycles. The van der Waals surface area contributed by atoms with Crippen LogP contribution in [0.25, 0.3) is 0 Å². The molecule has 1 aliphatic rings. The summed E-state index contributed by atoms with van der Waals surface area (Å²) in [7, 11) is -5.26. The van der Waals surface area contributed by atoms with Gasteiger partial charge in [0.1, 0.15) is 22.8 Å². The van der Waals surface area contributed by atoms with E-state index < -0.39 is 57.4 Å². The minimum Gasteiger partial charge on any atom is -0.745 e. The molecule has 1 unspecified atom stereocenters. The van der Waals surface area contributed by atoms with Crippen LogP contribution in [0.15, 0.2) is 30.3 Å². The summed E-state index contributed by atoms with van der Waals surface area (Å²) in [6.07, 6.45) is -0.638. The smallest absolute Gasteiger partial charge is 0.745 e. The van der Waals surface area contributed by atoms with Gasteiger partial charge in [0, 0.05) is 12.5 Å². The van der Waals surface area contributed by atoms with Gasteiger partial charge >= 0.3 is 41.6 Å². The van der Waals surface area contributed by atoms with Crippen molar-refractivity contribution in [2.24, 2.45) is 17.8 Å². The first-order valence-electron chi connectivity index (χ1n) is 12.5. The van der Waals surface area contributed by atoms with Crippen molar-refractivity contribution >= 4 is 34.0 Å². The number of nitrogens with one attached hydrogen (secondary N) is 3. The molecule has 1 aliphatic heterocycles. The number of alkyl carbamates (subject to hydrolysis) is 1. The van der Waals surface area contributed by atoms with Gasteiger partial charge in [0.05, 0.1) is 12.0 Å². The van der Waals surface area contributed by atoms with Crippen LogP contribution in [-0.2, 0) is 40.6 Å². The summed E-state index contributed by atoms with van der Waals surface area (Å²) in [5.74, 6) is -3.67. The van der Waals surface area contributed by atoms with Gasteiger partial charge in [-0.1, -0.05) is 58.0 Å². The van der Waals surface area contributed by atoms with Crippen LogP contribution in [0.3, 0.4) is 0 Å². The largest absolute Gasteiger partial charge is 1.00 e. The molecular formula is C25H36N3NaO9S. The average molecular weight is 578 g/mol. The molecule has 3 N–H and O–H groups in total. The molecule has 0 aliphatic carbocycles. The van der Waals surface area contributed by atoms with E-state index in [0.717, 1.165) is 5.56 Å². The van der Waals surface area contributed by atoms with Gasteiger partial charge in [-0.15, -0.1) is 0 Å². The predicted octanol–water partition coefficient (Wildman–Crippen LogP) is -1.59. The van der Waals surface area contributed by atoms with Crippen LogP contribution >= 0.6 is 0 Å². The van der Waals surface area contributed by atoms with Crippen LogP contribution in [0, 0.1) is 17.8 Å². The fourth-order valence-electron chi connectivity index (χ4n) is 3.90. The number of esters is 1. The Kier molecular flexibility index (Phi) is 14.4. The maximum absolute atomic E-state index is 13.3. The Bertz CT molecular complexity index is 1080. The first kappa shape index (κ1) is 34.8. The maximum atomic E-state index is 13.3. The van der Waals surface area contributed by atoms with E-state index in [1.165, 1.54) is 13.8 Å². The number of hydrogen-bond acceptors (Lipinski definition) is 9. The Balaban J connectivity index is 0.00000760. The van der Waals surface area contributed by atoms with Crippen molar-refractivity contribution in [3.8, 4) is 0 Å². The third kappa shape index (κ3) is 11.8. The molecule has 1 aromatic rings. The molecule has 2 rings (SSSR count). The number of carbonyl (C=O) groups excluding carboxylic acids is 4. The minimum absolute atomic E-state index is 0. The van der Waals surface area contributed by atoms with Crippen molar-refractivity contribution in [3.05, 3.63) is 35.9 Å². The summed E-state index contributed by atoms with van der Waals surface area (Å²) in [5, 5.41) is 7.54. The number of carbonyl (C=O) groups is 4. The summed E-state index contributed by atoms with van der Waals surface area (Å²) < 4.78 is 46.6. The molecule has 1 heterocycles. The molecule has 212 valence electrons. The second kappa shape index (κ2) is 16.2. The SMILES string of the molecule is CC(C)C[C@H](NC(=O)OCc1ccccc1)C(=O)N[C@@H](C[C@@H]1CCNC1=O)C(OC(=O)C(C)C)S(=O)(=O)[O-].[Na+]. The number of benzene rings is 1. The van der Waals surface area contributed by atoms with E-state index in [4.69, 9.17) is 9.47 Å². The Hall–Kier alpha value is -2.19. The second-order valence-corrected chi connectivity index (χ2v) is 11.4. The minimum atomic E-state index is -5.26. The zero-order chi connectivity index (χ0) is 28.5. The molecule has 0 bridgehead atoms. The van der Waals surface area contributed by atoms with Gasteiger partial charge in [-0.05, 0) is 30.7 Å². The first-order chi connectivity index (χ1) is 17.8. The molecule has 39 heavy (non-hydrogen) atoms.